The average molecular weight is 241 g/mol. The van der Waals surface area contributed by atoms with Crippen molar-refractivity contribution in [3.63, 3.8) is 0 Å². The molecule has 2 N–H and O–H groups in total. The molecule has 0 aliphatic rings. The summed E-state index contributed by atoms with van der Waals surface area (Å²) in [5, 5.41) is 14.4. The summed E-state index contributed by atoms with van der Waals surface area (Å²) < 4.78 is 4.94. The maximum atomic E-state index is 11.2. The molecule has 7 heteroatoms. The number of carboxylic acid groups (broad SMARTS) is 1. The first kappa shape index (κ1) is 13.1. The summed E-state index contributed by atoms with van der Waals surface area (Å²) in [5.41, 5.74) is 0. The Kier molecular flexibility index (Phi) is 5.12. The van der Waals surface area contributed by atoms with Crippen molar-refractivity contribution in [3.8, 4) is 0 Å². The van der Waals surface area contributed by atoms with Crippen molar-refractivity contribution >= 4 is 11.9 Å². The van der Waals surface area contributed by atoms with Crippen LogP contribution >= 0.6 is 0 Å². The number of aliphatic carboxylic acids is 1. The van der Waals surface area contributed by atoms with E-state index in [9.17, 15) is 9.59 Å². The van der Waals surface area contributed by atoms with Crippen LogP contribution in [0, 0.1) is 0 Å². The van der Waals surface area contributed by atoms with Crippen LogP contribution < -0.4 is 5.32 Å². The highest BCUT2D eigenvalue weighted by atomic mass is 16.5. The summed E-state index contributed by atoms with van der Waals surface area (Å²) in [7, 11) is 0. The quantitative estimate of drug-likeness (QED) is 0.704. The van der Waals surface area contributed by atoms with Crippen molar-refractivity contribution < 1.29 is 19.2 Å². The van der Waals surface area contributed by atoms with Gasteiger partial charge in [-0.25, -0.2) is 0 Å². The fourth-order valence-corrected chi connectivity index (χ4v) is 1.20. The lowest BCUT2D eigenvalue weighted by molar-refractivity contribution is -0.137. The van der Waals surface area contributed by atoms with Gasteiger partial charge >= 0.3 is 5.97 Å². The zero-order valence-corrected chi connectivity index (χ0v) is 9.60. The van der Waals surface area contributed by atoms with E-state index in [4.69, 9.17) is 9.63 Å². The van der Waals surface area contributed by atoms with E-state index in [0.29, 0.717) is 18.1 Å². The van der Waals surface area contributed by atoms with E-state index >= 15 is 0 Å². The molecule has 0 saturated heterocycles. The second kappa shape index (κ2) is 6.62. The fourth-order valence-electron chi connectivity index (χ4n) is 1.20. The van der Waals surface area contributed by atoms with Gasteiger partial charge in [0.2, 0.25) is 11.8 Å². The van der Waals surface area contributed by atoms with Gasteiger partial charge in [0.25, 0.3) is 0 Å². The van der Waals surface area contributed by atoms with Gasteiger partial charge in [-0.1, -0.05) is 12.1 Å². The molecule has 0 unspecified atom stereocenters. The largest absolute Gasteiger partial charge is 0.480 e. The average Bonchev–Trinajstić information content (AvgIpc) is 2.72. The molecule has 0 aliphatic carbocycles. The number of rotatable bonds is 7. The fraction of sp³-hybridized carbons (Fsp3) is 0.600. The lowest BCUT2D eigenvalue weighted by Crippen LogP contribution is -2.29. The minimum atomic E-state index is -1.07. The second-order valence-corrected chi connectivity index (χ2v) is 3.52. The van der Waals surface area contributed by atoms with Crippen LogP contribution in [0.1, 0.15) is 31.5 Å². The van der Waals surface area contributed by atoms with Crippen LogP contribution in [0.4, 0.5) is 0 Å². The standard InChI is InChI=1S/C10H15N3O4/c1-2-3-7-12-9(17-13-7)5-4-8(14)11-6-10(15)16/h2-6H2,1H3,(H,11,14)(H,15,16). The third-order valence-corrected chi connectivity index (χ3v) is 1.99. The van der Waals surface area contributed by atoms with Crippen LogP contribution in [0.2, 0.25) is 0 Å². The Balaban J connectivity index is 2.29. The number of aryl methyl sites for hydroxylation is 2. The highest BCUT2D eigenvalue weighted by Gasteiger charge is 2.09. The molecule has 0 aliphatic heterocycles. The molecule has 1 rings (SSSR count). The van der Waals surface area contributed by atoms with E-state index in [2.05, 4.69) is 15.5 Å². The topological polar surface area (TPSA) is 105 Å². The maximum Gasteiger partial charge on any atom is 0.322 e. The van der Waals surface area contributed by atoms with Gasteiger partial charge in [-0.15, -0.1) is 0 Å². The monoisotopic (exact) mass is 241 g/mol. The number of nitrogens with one attached hydrogen (secondary N) is 1. The second-order valence-electron chi connectivity index (χ2n) is 3.52. The lowest BCUT2D eigenvalue weighted by Gasteiger charge is -1.99. The van der Waals surface area contributed by atoms with E-state index in [-0.39, 0.29) is 18.9 Å². The molecule has 7 nitrogen and oxygen atoms in total. The predicted octanol–water partition coefficient (Wildman–Crippen LogP) is 0.155. The number of aromatic nitrogens is 2. The number of hydrogen-bond acceptors (Lipinski definition) is 5. The van der Waals surface area contributed by atoms with Gasteiger partial charge in [-0.3, -0.25) is 9.59 Å². The normalized spacial score (nSPS) is 10.2. The SMILES string of the molecule is CCCc1noc(CCC(=O)NCC(=O)O)n1. The number of carbonyl (C=O) groups excluding carboxylic acids is 1. The van der Waals surface area contributed by atoms with Gasteiger partial charge in [0.15, 0.2) is 5.82 Å². The van der Waals surface area contributed by atoms with Crippen molar-refractivity contribution in [1.82, 2.24) is 15.5 Å². The molecule has 1 amide bonds. The van der Waals surface area contributed by atoms with Crippen molar-refractivity contribution in [2.45, 2.75) is 32.6 Å². The Morgan fingerprint density at radius 1 is 1.41 bits per heavy atom. The summed E-state index contributed by atoms with van der Waals surface area (Å²) in [6.07, 6.45) is 2.13. The van der Waals surface area contributed by atoms with E-state index in [0.717, 1.165) is 12.8 Å². The van der Waals surface area contributed by atoms with Crippen molar-refractivity contribution in [3.05, 3.63) is 11.7 Å². The van der Waals surface area contributed by atoms with E-state index in [1.165, 1.54) is 0 Å². The summed E-state index contributed by atoms with van der Waals surface area (Å²) in [6, 6.07) is 0. The third-order valence-electron chi connectivity index (χ3n) is 1.99. The summed E-state index contributed by atoms with van der Waals surface area (Å²) >= 11 is 0. The molecule has 94 valence electrons. The first-order chi connectivity index (χ1) is 8.11. The molecule has 0 saturated carbocycles. The number of carbonyl (C=O) groups is 2. The van der Waals surface area contributed by atoms with Gasteiger partial charge in [0.05, 0.1) is 0 Å². The van der Waals surface area contributed by atoms with Gasteiger partial charge in [0, 0.05) is 19.3 Å². The summed E-state index contributed by atoms with van der Waals surface area (Å²) in [6.45, 7) is 1.64. The smallest absolute Gasteiger partial charge is 0.322 e. The van der Waals surface area contributed by atoms with Gasteiger partial charge in [-0.2, -0.15) is 4.98 Å². The molecule has 1 heterocycles. The van der Waals surface area contributed by atoms with Crippen LogP contribution in [-0.4, -0.2) is 33.7 Å². The van der Waals surface area contributed by atoms with Crippen LogP contribution in [0.15, 0.2) is 4.52 Å². The molecule has 0 fully saturated rings. The first-order valence-corrected chi connectivity index (χ1v) is 5.41. The molecule has 0 spiro atoms. The number of hydrogen-bond donors (Lipinski definition) is 2. The maximum absolute atomic E-state index is 11.2. The Morgan fingerprint density at radius 2 is 2.18 bits per heavy atom. The van der Waals surface area contributed by atoms with E-state index < -0.39 is 5.97 Å². The van der Waals surface area contributed by atoms with Crippen LogP contribution in [0.3, 0.4) is 0 Å². The van der Waals surface area contributed by atoms with Crippen LogP contribution in [0.25, 0.3) is 0 Å². The molecule has 1 aromatic rings. The Hall–Kier alpha value is -1.92. The molecular formula is C10H15N3O4. The van der Waals surface area contributed by atoms with E-state index in [1.807, 2.05) is 6.92 Å². The molecule has 0 bridgehead atoms. The zero-order valence-electron chi connectivity index (χ0n) is 9.60. The minimum absolute atomic E-state index is 0.140. The molecule has 0 aromatic carbocycles. The molecule has 17 heavy (non-hydrogen) atoms. The highest BCUT2D eigenvalue weighted by Crippen LogP contribution is 2.02. The third kappa shape index (κ3) is 5.10. The van der Waals surface area contributed by atoms with Crippen molar-refractivity contribution in [1.29, 1.82) is 0 Å². The minimum Gasteiger partial charge on any atom is -0.480 e. The van der Waals surface area contributed by atoms with Crippen LogP contribution in [-0.2, 0) is 22.4 Å². The van der Waals surface area contributed by atoms with Crippen LogP contribution in [0.5, 0.6) is 0 Å². The van der Waals surface area contributed by atoms with Gasteiger partial charge in [0.1, 0.15) is 6.54 Å². The molecular weight excluding hydrogens is 226 g/mol. The molecule has 0 atom stereocenters. The number of amides is 1. The van der Waals surface area contributed by atoms with Crippen molar-refractivity contribution in [2.75, 3.05) is 6.54 Å². The molecule has 1 aromatic heterocycles. The Labute approximate surface area is 98.2 Å². The Bertz CT molecular complexity index is 389. The first-order valence-electron chi connectivity index (χ1n) is 5.41. The Morgan fingerprint density at radius 3 is 2.82 bits per heavy atom. The van der Waals surface area contributed by atoms with Gasteiger partial charge < -0.3 is 14.9 Å². The summed E-state index contributed by atoms with van der Waals surface area (Å²) in [5.74, 6) is -0.378. The predicted molar refractivity (Wildman–Crippen MR) is 57.3 cm³/mol. The number of carboxylic acids is 1. The van der Waals surface area contributed by atoms with Crippen molar-refractivity contribution in [2.24, 2.45) is 0 Å². The number of nitrogens with zero attached hydrogens (tertiary/aromatic N) is 2. The zero-order chi connectivity index (χ0) is 12.7. The summed E-state index contributed by atoms with van der Waals surface area (Å²) in [4.78, 5) is 25.5. The molecule has 0 radical (unpaired) electrons. The highest BCUT2D eigenvalue weighted by molar-refractivity contribution is 5.81. The lowest BCUT2D eigenvalue weighted by atomic mass is 10.3. The van der Waals surface area contributed by atoms with E-state index in [1.54, 1.807) is 0 Å². The van der Waals surface area contributed by atoms with Gasteiger partial charge in [-0.05, 0) is 6.42 Å².